The van der Waals surface area contributed by atoms with Crippen molar-refractivity contribution >= 4 is 17.8 Å². The molecule has 0 aromatic heterocycles. The van der Waals surface area contributed by atoms with Gasteiger partial charge in [-0.3, -0.25) is 9.59 Å². The van der Waals surface area contributed by atoms with Crippen molar-refractivity contribution < 1.29 is 24.2 Å². The molecule has 0 aromatic carbocycles. The van der Waals surface area contributed by atoms with E-state index in [0.29, 0.717) is 6.42 Å². The topological polar surface area (TPSA) is 92.7 Å². The minimum absolute atomic E-state index is 0.0363. The van der Waals surface area contributed by atoms with Crippen LogP contribution in [-0.4, -0.2) is 34.6 Å². The van der Waals surface area contributed by atoms with E-state index in [0.717, 1.165) is 19.3 Å². The Hall–Kier alpha value is -1.59. The molecule has 0 spiro atoms. The van der Waals surface area contributed by atoms with E-state index in [1.54, 1.807) is 20.8 Å². The number of rotatable bonds is 19. The molecule has 0 saturated heterocycles. The first-order valence-electron chi connectivity index (χ1n) is 12.4. The Kier molecular flexibility index (Phi) is 17.1. The monoisotopic (exact) mass is 441 g/mol. The largest absolute Gasteiger partial charge is 0.481 e. The maximum absolute atomic E-state index is 12.3. The minimum Gasteiger partial charge on any atom is -0.481 e. The molecule has 182 valence electrons. The highest BCUT2D eigenvalue weighted by Crippen LogP contribution is 2.14. The van der Waals surface area contributed by atoms with Crippen molar-refractivity contribution in [1.29, 1.82) is 0 Å². The average molecular weight is 442 g/mol. The van der Waals surface area contributed by atoms with Crippen LogP contribution in [0.1, 0.15) is 130 Å². The lowest BCUT2D eigenvalue weighted by Gasteiger charge is -2.24. The Morgan fingerprint density at radius 1 is 0.774 bits per heavy atom. The van der Waals surface area contributed by atoms with Gasteiger partial charge in [0.25, 0.3) is 0 Å². The molecule has 6 nitrogen and oxygen atoms in total. The normalized spacial score (nSPS) is 12.4. The van der Waals surface area contributed by atoms with Crippen molar-refractivity contribution in [3.05, 3.63) is 0 Å². The lowest BCUT2D eigenvalue weighted by molar-refractivity contribution is -0.159. The van der Waals surface area contributed by atoms with Gasteiger partial charge in [0.15, 0.2) is 0 Å². The van der Waals surface area contributed by atoms with Crippen LogP contribution in [-0.2, 0) is 19.1 Å². The summed E-state index contributed by atoms with van der Waals surface area (Å²) in [7, 11) is 0. The van der Waals surface area contributed by atoms with Gasteiger partial charge in [-0.2, -0.15) is 0 Å². The van der Waals surface area contributed by atoms with E-state index < -0.39 is 23.6 Å². The van der Waals surface area contributed by atoms with Crippen LogP contribution in [0.4, 0.5) is 0 Å². The number of aliphatic carboxylic acids is 1. The van der Waals surface area contributed by atoms with Gasteiger partial charge in [0, 0.05) is 12.8 Å². The molecular weight excluding hydrogens is 394 g/mol. The maximum atomic E-state index is 12.3. The number of esters is 1. The van der Waals surface area contributed by atoms with Crippen LogP contribution in [0.5, 0.6) is 0 Å². The zero-order valence-electron chi connectivity index (χ0n) is 20.5. The van der Waals surface area contributed by atoms with Gasteiger partial charge in [-0.15, -0.1) is 0 Å². The lowest BCUT2D eigenvalue weighted by atomic mass is 10.0. The quantitative estimate of drug-likeness (QED) is 0.185. The third kappa shape index (κ3) is 20.1. The zero-order valence-corrected chi connectivity index (χ0v) is 20.5. The second-order valence-corrected chi connectivity index (χ2v) is 9.58. The fourth-order valence-corrected chi connectivity index (χ4v) is 3.46. The summed E-state index contributed by atoms with van der Waals surface area (Å²) in [4.78, 5) is 35.3. The zero-order chi connectivity index (χ0) is 23.5. The number of hydrogen-bond donors (Lipinski definition) is 2. The number of amides is 1. The highest BCUT2D eigenvalue weighted by Gasteiger charge is 2.27. The number of carbonyl (C=O) groups is 3. The molecule has 1 amide bonds. The van der Waals surface area contributed by atoms with Crippen molar-refractivity contribution in [3.8, 4) is 0 Å². The summed E-state index contributed by atoms with van der Waals surface area (Å²) in [5, 5.41) is 11.5. The number of carboxylic acid groups (broad SMARTS) is 1. The Balaban J connectivity index is 3.89. The molecule has 0 fully saturated rings. The number of carboxylic acids is 1. The standard InChI is InChI=1S/C25H47NO5/c1-5-6-7-8-9-10-11-12-13-14-15-16-17-18-22(27)26-21(19-20-23(28)29)24(30)31-25(2,3)4/h21H,5-20H2,1-4H3,(H,26,27)(H,28,29)/t21-/m1/s1. The molecule has 0 rings (SSSR count). The Labute approximate surface area is 189 Å². The fourth-order valence-electron chi connectivity index (χ4n) is 3.46. The third-order valence-corrected chi connectivity index (χ3v) is 5.18. The lowest BCUT2D eigenvalue weighted by Crippen LogP contribution is -2.44. The van der Waals surface area contributed by atoms with Gasteiger partial charge in [0.05, 0.1) is 0 Å². The predicted octanol–water partition coefficient (Wildman–Crippen LogP) is 6.16. The fraction of sp³-hybridized carbons (Fsp3) is 0.880. The van der Waals surface area contributed by atoms with Gasteiger partial charge in [0.1, 0.15) is 11.6 Å². The van der Waals surface area contributed by atoms with Crippen LogP contribution in [0.15, 0.2) is 0 Å². The van der Waals surface area contributed by atoms with Gasteiger partial charge in [-0.1, -0.05) is 84.0 Å². The van der Waals surface area contributed by atoms with Crippen LogP contribution in [0.2, 0.25) is 0 Å². The van der Waals surface area contributed by atoms with Gasteiger partial charge >= 0.3 is 11.9 Å². The van der Waals surface area contributed by atoms with Gasteiger partial charge in [-0.05, 0) is 33.6 Å². The maximum Gasteiger partial charge on any atom is 0.329 e. The number of unbranched alkanes of at least 4 members (excludes halogenated alkanes) is 12. The van der Waals surface area contributed by atoms with E-state index in [4.69, 9.17) is 9.84 Å². The average Bonchev–Trinajstić information content (AvgIpc) is 2.67. The van der Waals surface area contributed by atoms with E-state index in [2.05, 4.69) is 12.2 Å². The van der Waals surface area contributed by atoms with E-state index in [9.17, 15) is 14.4 Å². The van der Waals surface area contributed by atoms with Crippen molar-refractivity contribution in [2.75, 3.05) is 0 Å². The molecule has 0 aliphatic heterocycles. The van der Waals surface area contributed by atoms with Crippen LogP contribution >= 0.6 is 0 Å². The summed E-state index contributed by atoms with van der Waals surface area (Å²) in [6.45, 7) is 7.48. The molecule has 31 heavy (non-hydrogen) atoms. The molecule has 1 atom stereocenters. The van der Waals surface area contributed by atoms with Crippen LogP contribution in [0.25, 0.3) is 0 Å². The highest BCUT2D eigenvalue weighted by atomic mass is 16.6. The summed E-state index contributed by atoms with van der Waals surface area (Å²) in [6.07, 6.45) is 16.3. The first-order chi connectivity index (χ1) is 14.7. The third-order valence-electron chi connectivity index (χ3n) is 5.18. The number of nitrogens with one attached hydrogen (secondary N) is 1. The van der Waals surface area contributed by atoms with Gasteiger partial charge in [-0.25, -0.2) is 4.79 Å². The second kappa shape index (κ2) is 18.0. The molecular formula is C25H47NO5. The van der Waals surface area contributed by atoms with Crippen LogP contribution < -0.4 is 5.32 Å². The molecule has 0 aliphatic carbocycles. The Morgan fingerprint density at radius 3 is 1.65 bits per heavy atom. The Bertz CT molecular complexity index is 499. The van der Waals surface area contributed by atoms with Gasteiger partial charge < -0.3 is 15.2 Å². The molecule has 0 bridgehead atoms. The number of ether oxygens (including phenoxy) is 1. The summed E-state index contributed by atoms with van der Waals surface area (Å²) < 4.78 is 5.31. The molecule has 0 unspecified atom stereocenters. The summed E-state index contributed by atoms with van der Waals surface area (Å²) in [5.41, 5.74) is -0.682. The Morgan fingerprint density at radius 2 is 1.23 bits per heavy atom. The first-order valence-corrected chi connectivity index (χ1v) is 12.4. The van der Waals surface area contributed by atoms with E-state index >= 15 is 0 Å². The molecule has 2 N–H and O–H groups in total. The summed E-state index contributed by atoms with van der Waals surface area (Å²) in [5.74, 6) is -1.80. The molecule has 0 radical (unpaired) electrons. The predicted molar refractivity (Wildman–Crippen MR) is 125 cm³/mol. The van der Waals surface area contributed by atoms with Crippen LogP contribution in [0.3, 0.4) is 0 Å². The number of carbonyl (C=O) groups excluding carboxylic acids is 2. The molecule has 0 heterocycles. The van der Waals surface area contributed by atoms with Crippen molar-refractivity contribution in [3.63, 3.8) is 0 Å². The first kappa shape index (κ1) is 29.4. The van der Waals surface area contributed by atoms with E-state index in [1.165, 1.54) is 64.2 Å². The second-order valence-electron chi connectivity index (χ2n) is 9.58. The summed E-state index contributed by atoms with van der Waals surface area (Å²) in [6, 6.07) is -0.912. The van der Waals surface area contributed by atoms with Crippen molar-refractivity contribution in [1.82, 2.24) is 5.32 Å². The van der Waals surface area contributed by atoms with Crippen LogP contribution in [0, 0.1) is 0 Å². The van der Waals surface area contributed by atoms with E-state index in [1.807, 2.05) is 0 Å². The molecule has 0 saturated carbocycles. The van der Waals surface area contributed by atoms with Crippen molar-refractivity contribution in [2.45, 2.75) is 142 Å². The summed E-state index contributed by atoms with van der Waals surface area (Å²) >= 11 is 0. The molecule has 6 heteroatoms. The minimum atomic E-state index is -1.00. The van der Waals surface area contributed by atoms with E-state index in [-0.39, 0.29) is 18.7 Å². The highest BCUT2D eigenvalue weighted by molar-refractivity contribution is 5.85. The SMILES string of the molecule is CCCCCCCCCCCCCCCC(=O)N[C@H](CCC(=O)O)C(=O)OC(C)(C)C. The van der Waals surface area contributed by atoms with Gasteiger partial charge in [0.2, 0.25) is 5.91 Å². The number of hydrogen-bond acceptors (Lipinski definition) is 4. The molecule has 0 aromatic rings. The molecule has 0 aliphatic rings. The van der Waals surface area contributed by atoms with Crippen molar-refractivity contribution in [2.24, 2.45) is 0 Å². The smallest absolute Gasteiger partial charge is 0.329 e.